The van der Waals surface area contributed by atoms with E-state index in [9.17, 15) is 14.7 Å². The highest BCUT2D eigenvalue weighted by molar-refractivity contribution is 7.09. The summed E-state index contributed by atoms with van der Waals surface area (Å²) in [5, 5.41) is 11.6. The summed E-state index contributed by atoms with van der Waals surface area (Å²) in [7, 11) is 0. The lowest BCUT2D eigenvalue weighted by Crippen LogP contribution is -2.53. The monoisotopic (exact) mass is 254 g/mol. The molecule has 5 nitrogen and oxygen atoms in total. The van der Waals surface area contributed by atoms with E-state index in [1.165, 1.54) is 23.2 Å². The fourth-order valence-electron chi connectivity index (χ4n) is 2.03. The second-order valence-electron chi connectivity index (χ2n) is 4.33. The summed E-state index contributed by atoms with van der Waals surface area (Å²) in [4.78, 5) is 28.8. The molecule has 1 aromatic heterocycles. The fourth-order valence-corrected chi connectivity index (χ4v) is 2.82. The van der Waals surface area contributed by atoms with E-state index < -0.39 is 11.5 Å². The molecule has 17 heavy (non-hydrogen) atoms. The van der Waals surface area contributed by atoms with Crippen LogP contribution in [0.4, 0.5) is 0 Å². The van der Waals surface area contributed by atoms with Crippen LogP contribution in [0.1, 0.15) is 31.7 Å². The average Bonchev–Trinajstić information content (AvgIpc) is 2.91. The molecule has 1 fully saturated rings. The lowest BCUT2D eigenvalue weighted by atomic mass is 10.0. The normalized spacial score (nSPS) is 18.5. The van der Waals surface area contributed by atoms with Gasteiger partial charge in [-0.2, -0.15) is 0 Å². The van der Waals surface area contributed by atoms with Gasteiger partial charge in [-0.3, -0.25) is 4.79 Å². The van der Waals surface area contributed by atoms with Gasteiger partial charge in [-0.05, 0) is 19.8 Å². The number of carbonyl (C=O) groups is 2. The van der Waals surface area contributed by atoms with Crippen molar-refractivity contribution >= 4 is 23.2 Å². The van der Waals surface area contributed by atoms with Gasteiger partial charge in [-0.25, -0.2) is 9.78 Å². The molecule has 1 aliphatic carbocycles. The molecular formula is C11H14N2O3S. The van der Waals surface area contributed by atoms with Gasteiger partial charge in [0.15, 0.2) is 5.54 Å². The summed E-state index contributed by atoms with van der Waals surface area (Å²) in [6.07, 6.45) is 3.30. The summed E-state index contributed by atoms with van der Waals surface area (Å²) >= 11 is 1.26. The number of carboxylic acids is 1. The predicted molar refractivity (Wildman–Crippen MR) is 62.6 cm³/mol. The van der Waals surface area contributed by atoms with E-state index in [1.54, 1.807) is 18.5 Å². The number of aromatic nitrogens is 1. The Bertz CT molecular complexity index is 442. The highest BCUT2D eigenvalue weighted by Crippen LogP contribution is 2.39. The molecule has 0 aliphatic heterocycles. The van der Waals surface area contributed by atoms with Crippen molar-refractivity contribution in [2.24, 2.45) is 0 Å². The number of hydrogen-bond acceptors (Lipinski definition) is 4. The van der Waals surface area contributed by atoms with E-state index in [2.05, 4.69) is 4.98 Å². The number of amides is 1. The first kappa shape index (κ1) is 12.0. The molecule has 1 N–H and O–H groups in total. The SMILES string of the molecule is CC(=O)N(C1CC1)C(C)(C(=O)O)c1nccs1. The third kappa shape index (κ3) is 1.93. The largest absolute Gasteiger partial charge is 0.479 e. The molecule has 0 saturated heterocycles. The lowest BCUT2D eigenvalue weighted by molar-refractivity contribution is -0.159. The molecule has 1 unspecified atom stereocenters. The van der Waals surface area contributed by atoms with Gasteiger partial charge in [0.2, 0.25) is 5.91 Å². The standard InChI is InChI=1S/C11H14N2O3S/c1-7(14)13(8-3-4-8)11(2,10(15)16)9-12-5-6-17-9/h5-6,8H,3-4H2,1-2H3,(H,15,16). The Morgan fingerprint density at radius 1 is 1.59 bits per heavy atom. The van der Waals surface area contributed by atoms with E-state index in [0.717, 1.165) is 12.8 Å². The van der Waals surface area contributed by atoms with Crippen molar-refractivity contribution in [1.29, 1.82) is 0 Å². The van der Waals surface area contributed by atoms with Crippen LogP contribution in [-0.4, -0.2) is 32.9 Å². The van der Waals surface area contributed by atoms with Gasteiger partial charge in [0.1, 0.15) is 5.01 Å². The van der Waals surface area contributed by atoms with Crippen molar-refractivity contribution in [3.05, 3.63) is 16.6 Å². The van der Waals surface area contributed by atoms with Crippen molar-refractivity contribution in [2.75, 3.05) is 0 Å². The molecule has 2 rings (SSSR count). The highest BCUT2D eigenvalue weighted by Gasteiger charge is 2.50. The van der Waals surface area contributed by atoms with Crippen molar-refractivity contribution in [3.63, 3.8) is 0 Å². The Kier molecular flexibility index (Phi) is 2.91. The molecule has 1 aromatic rings. The van der Waals surface area contributed by atoms with E-state index in [0.29, 0.717) is 5.01 Å². The van der Waals surface area contributed by atoms with E-state index in [-0.39, 0.29) is 11.9 Å². The van der Waals surface area contributed by atoms with Crippen LogP contribution in [0.3, 0.4) is 0 Å². The molecule has 0 bridgehead atoms. The topological polar surface area (TPSA) is 70.5 Å². The third-order valence-corrected chi connectivity index (χ3v) is 3.98. The summed E-state index contributed by atoms with van der Waals surface area (Å²) in [6, 6.07) is 0.0394. The van der Waals surface area contributed by atoms with Gasteiger partial charge in [0.25, 0.3) is 0 Å². The molecule has 1 amide bonds. The van der Waals surface area contributed by atoms with Crippen molar-refractivity contribution in [2.45, 2.75) is 38.3 Å². The van der Waals surface area contributed by atoms with Crippen molar-refractivity contribution < 1.29 is 14.7 Å². The zero-order chi connectivity index (χ0) is 12.6. The number of carboxylic acid groups (broad SMARTS) is 1. The van der Waals surface area contributed by atoms with Crippen molar-refractivity contribution in [1.82, 2.24) is 9.88 Å². The lowest BCUT2D eigenvalue weighted by Gasteiger charge is -2.36. The Balaban J connectivity index is 2.46. The van der Waals surface area contributed by atoms with Crippen LogP contribution in [-0.2, 0) is 15.1 Å². The number of thiazole rings is 1. The molecule has 1 atom stereocenters. The first-order valence-electron chi connectivity index (χ1n) is 5.41. The number of hydrogen-bond donors (Lipinski definition) is 1. The van der Waals surface area contributed by atoms with Gasteiger partial charge in [0, 0.05) is 24.5 Å². The van der Waals surface area contributed by atoms with Crippen LogP contribution in [0, 0.1) is 0 Å². The zero-order valence-electron chi connectivity index (χ0n) is 9.71. The Labute approximate surface area is 103 Å². The molecule has 0 aromatic carbocycles. The van der Waals surface area contributed by atoms with Crippen LogP contribution in [0.5, 0.6) is 0 Å². The number of rotatable bonds is 4. The van der Waals surface area contributed by atoms with Crippen LogP contribution in [0.15, 0.2) is 11.6 Å². The molecular weight excluding hydrogens is 240 g/mol. The molecule has 1 aliphatic rings. The first-order valence-corrected chi connectivity index (χ1v) is 6.29. The quantitative estimate of drug-likeness (QED) is 0.883. The molecule has 6 heteroatoms. The number of carbonyl (C=O) groups excluding carboxylic acids is 1. The summed E-state index contributed by atoms with van der Waals surface area (Å²) in [5.74, 6) is -1.25. The van der Waals surface area contributed by atoms with E-state index in [1.807, 2.05) is 0 Å². The maximum absolute atomic E-state index is 11.7. The highest BCUT2D eigenvalue weighted by atomic mass is 32.1. The van der Waals surface area contributed by atoms with Gasteiger partial charge < -0.3 is 10.0 Å². The van der Waals surface area contributed by atoms with Crippen LogP contribution < -0.4 is 0 Å². The predicted octanol–water partition coefficient (Wildman–Crippen LogP) is 1.45. The second-order valence-corrected chi connectivity index (χ2v) is 5.23. The first-order chi connectivity index (χ1) is 7.98. The maximum Gasteiger partial charge on any atom is 0.336 e. The summed E-state index contributed by atoms with van der Waals surface area (Å²) in [6.45, 7) is 2.96. The molecule has 92 valence electrons. The smallest absolute Gasteiger partial charge is 0.336 e. The van der Waals surface area contributed by atoms with Crippen LogP contribution in [0.2, 0.25) is 0 Å². The second kappa shape index (κ2) is 4.10. The summed E-state index contributed by atoms with van der Waals surface area (Å²) in [5.41, 5.74) is -1.35. The number of aliphatic carboxylic acids is 1. The Hall–Kier alpha value is -1.43. The van der Waals surface area contributed by atoms with E-state index >= 15 is 0 Å². The molecule has 1 heterocycles. The minimum atomic E-state index is -1.35. The van der Waals surface area contributed by atoms with Gasteiger partial charge in [0.05, 0.1) is 0 Å². The average molecular weight is 254 g/mol. The molecule has 1 saturated carbocycles. The Morgan fingerprint density at radius 3 is 2.59 bits per heavy atom. The molecule has 0 spiro atoms. The number of nitrogens with zero attached hydrogens (tertiary/aromatic N) is 2. The van der Waals surface area contributed by atoms with Gasteiger partial charge in [-0.15, -0.1) is 11.3 Å². The van der Waals surface area contributed by atoms with Gasteiger partial charge in [-0.1, -0.05) is 0 Å². The van der Waals surface area contributed by atoms with Crippen molar-refractivity contribution in [3.8, 4) is 0 Å². The fraction of sp³-hybridized carbons (Fsp3) is 0.545. The van der Waals surface area contributed by atoms with E-state index in [4.69, 9.17) is 0 Å². The van der Waals surface area contributed by atoms with Gasteiger partial charge >= 0.3 is 5.97 Å². The minimum absolute atomic E-state index is 0.0394. The van der Waals surface area contributed by atoms with Crippen LogP contribution in [0.25, 0.3) is 0 Å². The van der Waals surface area contributed by atoms with Crippen LogP contribution >= 0.6 is 11.3 Å². The minimum Gasteiger partial charge on any atom is -0.479 e. The summed E-state index contributed by atoms with van der Waals surface area (Å²) < 4.78 is 0. The zero-order valence-corrected chi connectivity index (χ0v) is 10.5. The molecule has 0 radical (unpaired) electrons. The third-order valence-electron chi connectivity index (χ3n) is 3.00. The maximum atomic E-state index is 11.7. The Morgan fingerprint density at radius 2 is 2.24 bits per heavy atom.